The van der Waals surface area contributed by atoms with Crippen molar-refractivity contribution in [1.29, 1.82) is 0 Å². The maximum Gasteiger partial charge on any atom is 0.255 e. The van der Waals surface area contributed by atoms with Crippen molar-refractivity contribution in [3.8, 4) is 0 Å². The highest BCUT2D eigenvalue weighted by Crippen LogP contribution is 2.29. The Morgan fingerprint density at radius 1 is 0.571 bits per heavy atom. The van der Waals surface area contributed by atoms with E-state index in [1.807, 2.05) is 66.7 Å². The van der Waals surface area contributed by atoms with Gasteiger partial charge in [-0.05, 0) is 41.8 Å². The molecule has 4 rings (SSSR count). The first-order valence-electron chi connectivity index (χ1n) is 8.96. The number of carbonyl (C=O) groups excluding carboxylic acids is 2. The van der Waals surface area contributed by atoms with Crippen LogP contribution in [0.15, 0.2) is 97.1 Å². The standard InChI is InChI=1S/C24H18N2O2/c27-23(17-9-3-1-4-10-17)25-20-15-19-13-7-8-14-21(19)22(16-20)26-24(28)18-11-5-2-6-12-18/h1-16H,(H,25,27)(H,26,28). The molecule has 0 aliphatic carbocycles. The van der Waals surface area contributed by atoms with E-state index in [-0.39, 0.29) is 11.8 Å². The molecule has 0 aliphatic heterocycles. The number of rotatable bonds is 4. The van der Waals surface area contributed by atoms with E-state index in [1.165, 1.54) is 0 Å². The lowest BCUT2D eigenvalue weighted by Gasteiger charge is -2.13. The van der Waals surface area contributed by atoms with Gasteiger partial charge >= 0.3 is 0 Å². The van der Waals surface area contributed by atoms with E-state index in [4.69, 9.17) is 0 Å². The van der Waals surface area contributed by atoms with E-state index >= 15 is 0 Å². The average molecular weight is 366 g/mol. The molecule has 0 aromatic heterocycles. The molecule has 4 aromatic rings. The first-order chi connectivity index (χ1) is 13.7. The molecule has 0 atom stereocenters. The van der Waals surface area contributed by atoms with Crippen LogP contribution in [0.4, 0.5) is 11.4 Å². The number of hydrogen-bond donors (Lipinski definition) is 2. The number of nitrogens with one attached hydrogen (secondary N) is 2. The molecule has 4 heteroatoms. The predicted octanol–water partition coefficient (Wildman–Crippen LogP) is 5.34. The minimum atomic E-state index is -0.198. The zero-order chi connectivity index (χ0) is 19.3. The van der Waals surface area contributed by atoms with Gasteiger partial charge in [0.25, 0.3) is 11.8 Å². The zero-order valence-electron chi connectivity index (χ0n) is 15.1. The topological polar surface area (TPSA) is 58.2 Å². The Balaban J connectivity index is 1.67. The lowest BCUT2D eigenvalue weighted by atomic mass is 10.1. The second-order valence-electron chi connectivity index (χ2n) is 6.39. The van der Waals surface area contributed by atoms with Gasteiger partial charge in [-0.3, -0.25) is 9.59 Å². The van der Waals surface area contributed by atoms with Gasteiger partial charge in [-0.25, -0.2) is 0 Å². The summed E-state index contributed by atoms with van der Waals surface area (Å²) >= 11 is 0. The predicted molar refractivity (Wildman–Crippen MR) is 113 cm³/mol. The lowest BCUT2D eigenvalue weighted by molar-refractivity contribution is 0.101. The lowest BCUT2D eigenvalue weighted by Crippen LogP contribution is -2.14. The third kappa shape index (κ3) is 3.76. The molecule has 4 aromatic carbocycles. The van der Waals surface area contributed by atoms with Crippen molar-refractivity contribution in [2.45, 2.75) is 0 Å². The van der Waals surface area contributed by atoms with Gasteiger partial charge in [0.15, 0.2) is 0 Å². The molecule has 0 spiro atoms. The average Bonchev–Trinajstić information content (AvgIpc) is 2.75. The molecule has 0 saturated heterocycles. The molecule has 0 unspecified atom stereocenters. The van der Waals surface area contributed by atoms with E-state index in [1.54, 1.807) is 30.3 Å². The summed E-state index contributed by atoms with van der Waals surface area (Å²) in [6.07, 6.45) is 0. The fourth-order valence-electron chi connectivity index (χ4n) is 3.06. The molecule has 0 aliphatic rings. The van der Waals surface area contributed by atoms with Crippen LogP contribution in [-0.2, 0) is 0 Å². The first-order valence-corrected chi connectivity index (χ1v) is 8.96. The summed E-state index contributed by atoms with van der Waals surface area (Å²) in [4.78, 5) is 25.1. The van der Waals surface area contributed by atoms with E-state index in [2.05, 4.69) is 10.6 Å². The van der Waals surface area contributed by atoms with Crippen LogP contribution in [0.3, 0.4) is 0 Å². The molecule has 0 saturated carbocycles. The van der Waals surface area contributed by atoms with Gasteiger partial charge in [0.1, 0.15) is 0 Å². The first kappa shape index (κ1) is 17.5. The van der Waals surface area contributed by atoms with Gasteiger partial charge in [0.2, 0.25) is 0 Å². The van der Waals surface area contributed by atoms with Crippen LogP contribution in [0, 0.1) is 0 Å². The largest absolute Gasteiger partial charge is 0.322 e. The van der Waals surface area contributed by atoms with E-state index in [0.717, 1.165) is 10.8 Å². The van der Waals surface area contributed by atoms with Gasteiger partial charge in [-0.1, -0.05) is 60.7 Å². The van der Waals surface area contributed by atoms with Crippen molar-refractivity contribution in [1.82, 2.24) is 0 Å². The summed E-state index contributed by atoms with van der Waals surface area (Å²) in [5, 5.41) is 7.71. The number of fused-ring (bicyclic) bond motifs is 1. The molecule has 2 N–H and O–H groups in total. The normalized spacial score (nSPS) is 10.4. The summed E-state index contributed by atoms with van der Waals surface area (Å²) in [5.74, 6) is -0.395. The zero-order valence-corrected chi connectivity index (χ0v) is 15.1. The van der Waals surface area contributed by atoms with Crippen molar-refractivity contribution in [3.05, 3.63) is 108 Å². The molecule has 2 amide bonds. The van der Waals surface area contributed by atoms with Gasteiger partial charge in [0, 0.05) is 22.2 Å². The summed E-state index contributed by atoms with van der Waals surface area (Å²) in [5.41, 5.74) is 2.42. The SMILES string of the molecule is O=C(Nc1cc(NC(=O)c2ccccc2)c2ccccc2c1)c1ccccc1. The number of hydrogen-bond acceptors (Lipinski definition) is 2. The number of benzene rings is 4. The van der Waals surface area contributed by atoms with Crippen molar-refractivity contribution in [3.63, 3.8) is 0 Å². The van der Waals surface area contributed by atoms with Crippen LogP contribution in [-0.4, -0.2) is 11.8 Å². The van der Waals surface area contributed by atoms with Gasteiger partial charge < -0.3 is 10.6 Å². The quantitative estimate of drug-likeness (QED) is 0.512. The Bertz CT molecular complexity index is 1140. The molecule has 28 heavy (non-hydrogen) atoms. The number of anilines is 2. The number of amides is 2. The molecule has 0 radical (unpaired) electrons. The molecular formula is C24H18N2O2. The van der Waals surface area contributed by atoms with Crippen LogP contribution in [0.2, 0.25) is 0 Å². The highest BCUT2D eigenvalue weighted by molar-refractivity contribution is 6.11. The maximum absolute atomic E-state index is 12.6. The van der Waals surface area contributed by atoms with Crippen LogP contribution >= 0.6 is 0 Å². The Morgan fingerprint density at radius 2 is 1.11 bits per heavy atom. The third-order valence-electron chi connectivity index (χ3n) is 4.44. The second kappa shape index (κ2) is 7.76. The molecule has 136 valence electrons. The Hall–Kier alpha value is -3.92. The summed E-state index contributed by atoms with van der Waals surface area (Å²) < 4.78 is 0. The molecule has 0 bridgehead atoms. The minimum Gasteiger partial charge on any atom is -0.322 e. The van der Waals surface area contributed by atoms with Gasteiger partial charge in [-0.15, -0.1) is 0 Å². The highest BCUT2D eigenvalue weighted by atomic mass is 16.2. The van der Waals surface area contributed by atoms with Crippen molar-refractivity contribution >= 4 is 34.0 Å². The fraction of sp³-hybridized carbons (Fsp3) is 0. The fourth-order valence-corrected chi connectivity index (χ4v) is 3.06. The maximum atomic E-state index is 12.6. The molecule has 4 nitrogen and oxygen atoms in total. The van der Waals surface area contributed by atoms with Crippen molar-refractivity contribution < 1.29 is 9.59 Å². The summed E-state index contributed by atoms with van der Waals surface area (Å²) in [6, 6.07) is 29.5. The molecule has 0 heterocycles. The number of carbonyl (C=O) groups is 2. The van der Waals surface area contributed by atoms with E-state index in [0.29, 0.717) is 22.5 Å². The summed E-state index contributed by atoms with van der Waals surface area (Å²) in [6.45, 7) is 0. The minimum absolute atomic E-state index is 0.197. The van der Waals surface area contributed by atoms with Crippen molar-refractivity contribution in [2.24, 2.45) is 0 Å². The molecule has 0 fully saturated rings. The van der Waals surface area contributed by atoms with Crippen LogP contribution in [0.25, 0.3) is 10.8 Å². The Morgan fingerprint density at radius 3 is 1.75 bits per heavy atom. The van der Waals surface area contributed by atoms with Crippen molar-refractivity contribution in [2.75, 3.05) is 10.6 Å². The van der Waals surface area contributed by atoms with E-state index < -0.39 is 0 Å². The molecular weight excluding hydrogens is 348 g/mol. The Labute approximate surface area is 162 Å². The van der Waals surface area contributed by atoms with Gasteiger partial charge in [0.05, 0.1) is 5.69 Å². The highest BCUT2D eigenvalue weighted by Gasteiger charge is 2.11. The van der Waals surface area contributed by atoms with Gasteiger partial charge in [-0.2, -0.15) is 0 Å². The summed E-state index contributed by atoms with van der Waals surface area (Å²) in [7, 11) is 0. The smallest absolute Gasteiger partial charge is 0.255 e. The Kier molecular flexibility index (Phi) is 4.85. The van der Waals surface area contributed by atoms with Crippen LogP contribution in [0.1, 0.15) is 20.7 Å². The van der Waals surface area contributed by atoms with E-state index in [9.17, 15) is 9.59 Å². The second-order valence-corrected chi connectivity index (χ2v) is 6.39. The van der Waals surface area contributed by atoms with Crippen LogP contribution < -0.4 is 10.6 Å². The van der Waals surface area contributed by atoms with Crippen LogP contribution in [0.5, 0.6) is 0 Å². The monoisotopic (exact) mass is 366 g/mol. The third-order valence-corrected chi connectivity index (χ3v) is 4.44.